The smallest absolute Gasteiger partial charge is 0.319 e. The molecule has 3 amide bonds. The zero-order chi connectivity index (χ0) is 22.9. The lowest BCUT2D eigenvalue weighted by Gasteiger charge is -2.32. The number of likely N-dealkylation sites (tertiary alicyclic amines) is 1. The average molecular weight is 460 g/mol. The van der Waals surface area contributed by atoms with E-state index in [9.17, 15) is 9.59 Å². The SMILES string of the molecule is CCCOc1c(Cl)cc(C(=O)N2CCC(NC(=O)Nc3ccccc3)CC2)cc1OCC. The Morgan fingerprint density at radius 1 is 1.09 bits per heavy atom. The molecule has 2 aromatic carbocycles. The summed E-state index contributed by atoms with van der Waals surface area (Å²) in [6.45, 7) is 5.94. The number of nitrogens with zero attached hydrogens (tertiary/aromatic N) is 1. The van der Waals surface area contributed by atoms with Crippen LogP contribution < -0.4 is 20.1 Å². The van der Waals surface area contributed by atoms with Gasteiger partial charge >= 0.3 is 6.03 Å². The van der Waals surface area contributed by atoms with E-state index in [-0.39, 0.29) is 18.0 Å². The summed E-state index contributed by atoms with van der Waals surface area (Å²) in [5.41, 5.74) is 1.21. The van der Waals surface area contributed by atoms with Gasteiger partial charge in [-0.2, -0.15) is 0 Å². The molecule has 32 heavy (non-hydrogen) atoms. The molecule has 0 unspecified atom stereocenters. The van der Waals surface area contributed by atoms with Gasteiger partial charge in [0.25, 0.3) is 5.91 Å². The second-order valence-electron chi connectivity index (χ2n) is 7.60. The molecule has 0 saturated carbocycles. The quantitative estimate of drug-likeness (QED) is 0.585. The fourth-order valence-corrected chi connectivity index (χ4v) is 3.85. The van der Waals surface area contributed by atoms with Crippen molar-refractivity contribution in [2.45, 2.75) is 39.2 Å². The van der Waals surface area contributed by atoms with Crippen molar-refractivity contribution < 1.29 is 19.1 Å². The Bertz CT molecular complexity index is 915. The average Bonchev–Trinajstić information content (AvgIpc) is 2.79. The van der Waals surface area contributed by atoms with Gasteiger partial charge in [-0.3, -0.25) is 4.79 Å². The lowest BCUT2D eigenvalue weighted by atomic mass is 10.0. The predicted molar refractivity (Wildman–Crippen MR) is 126 cm³/mol. The molecule has 0 radical (unpaired) electrons. The minimum atomic E-state index is -0.239. The van der Waals surface area contributed by atoms with E-state index in [2.05, 4.69) is 10.6 Å². The molecule has 172 valence electrons. The number of hydrogen-bond acceptors (Lipinski definition) is 4. The van der Waals surface area contributed by atoms with E-state index >= 15 is 0 Å². The number of benzene rings is 2. The number of piperidine rings is 1. The van der Waals surface area contributed by atoms with Gasteiger partial charge in [-0.05, 0) is 50.5 Å². The van der Waals surface area contributed by atoms with Crippen LogP contribution in [0.4, 0.5) is 10.5 Å². The highest BCUT2D eigenvalue weighted by atomic mass is 35.5. The number of hydrogen-bond donors (Lipinski definition) is 2. The molecule has 0 aliphatic carbocycles. The zero-order valence-corrected chi connectivity index (χ0v) is 19.3. The maximum Gasteiger partial charge on any atom is 0.319 e. The zero-order valence-electron chi connectivity index (χ0n) is 18.5. The van der Waals surface area contributed by atoms with E-state index in [4.69, 9.17) is 21.1 Å². The summed E-state index contributed by atoms with van der Waals surface area (Å²) in [6.07, 6.45) is 2.20. The number of amides is 3. The first-order chi connectivity index (χ1) is 15.5. The maximum absolute atomic E-state index is 13.1. The summed E-state index contributed by atoms with van der Waals surface area (Å²) < 4.78 is 11.4. The Hall–Kier alpha value is -2.93. The van der Waals surface area contributed by atoms with Crippen LogP contribution in [0.1, 0.15) is 43.5 Å². The van der Waals surface area contributed by atoms with E-state index in [1.54, 1.807) is 17.0 Å². The minimum absolute atomic E-state index is 0.00940. The van der Waals surface area contributed by atoms with Crippen molar-refractivity contribution in [3.63, 3.8) is 0 Å². The first kappa shape index (κ1) is 23.7. The first-order valence-electron chi connectivity index (χ1n) is 11.0. The standard InChI is InChI=1S/C24H30ClN3O4/c1-3-14-32-22-20(25)15-17(16-21(22)31-4-2)23(29)28-12-10-19(11-13-28)27-24(30)26-18-8-6-5-7-9-18/h5-9,15-16,19H,3-4,10-14H2,1-2H3,(H2,26,27,30). The normalized spacial score (nSPS) is 14.0. The van der Waals surface area contributed by atoms with Gasteiger partial charge in [-0.1, -0.05) is 36.7 Å². The van der Waals surface area contributed by atoms with E-state index in [0.717, 1.165) is 12.1 Å². The van der Waals surface area contributed by atoms with Crippen LogP contribution in [0.15, 0.2) is 42.5 Å². The number of nitrogens with one attached hydrogen (secondary N) is 2. The topological polar surface area (TPSA) is 79.9 Å². The predicted octanol–water partition coefficient (Wildman–Crippen LogP) is 4.95. The Labute approximate surface area is 194 Å². The lowest BCUT2D eigenvalue weighted by molar-refractivity contribution is 0.0708. The van der Waals surface area contributed by atoms with Crippen molar-refractivity contribution in [1.82, 2.24) is 10.2 Å². The second-order valence-corrected chi connectivity index (χ2v) is 8.00. The first-order valence-corrected chi connectivity index (χ1v) is 11.4. The van der Waals surface area contributed by atoms with Crippen molar-refractivity contribution in [2.75, 3.05) is 31.6 Å². The third kappa shape index (κ3) is 6.29. The summed E-state index contributed by atoms with van der Waals surface area (Å²) >= 11 is 6.41. The molecule has 1 aliphatic heterocycles. The molecule has 2 aromatic rings. The molecule has 1 heterocycles. The van der Waals surface area contributed by atoms with Gasteiger partial charge < -0.3 is 25.0 Å². The molecule has 0 atom stereocenters. The number of anilines is 1. The molecule has 1 fully saturated rings. The van der Waals surface area contributed by atoms with Crippen LogP contribution >= 0.6 is 11.6 Å². The summed E-state index contributed by atoms with van der Waals surface area (Å²) in [7, 11) is 0. The van der Waals surface area contributed by atoms with Crippen LogP contribution in [0.2, 0.25) is 5.02 Å². The monoisotopic (exact) mass is 459 g/mol. The molecular weight excluding hydrogens is 430 g/mol. The van der Waals surface area contributed by atoms with Crippen LogP contribution in [0.3, 0.4) is 0 Å². The van der Waals surface area contributed by atoms with Crippen molar-refractivity contribution >= 4 is 29.2 Å². The Morgan fingerprint density at radius 2 is 1.81 bits per heavy atom. The molecule has 1 saturated heterocycles. The number of para-hydroxylation sites is 1. The van der Waals surface area contributed by atoms with E-state index in [0.29, 0.717) is 61.2 Å². The molecule has 1 aliphatic rings. The number of halogens is 1. The molecule has 0 aromatic heterocycles. The van der Waals surface area contributed by atoms with E-state index in [1.165, 1.54) is 0 Å². The fourth-order valence-electron chi connectivity index (χ4n) is 3.58. The van der Waals surface area contributed by atoms with Crippen LogP contribution in [0.5, 0.6) is 11.5 Å². The third-order valence-corrected chi connectivity index (χ3v) is 5.44. The minimum Gasteiger partial charge on any atom is -0.490 e. The maximum atomic E-state index is 13.1. The van der Waals surface area contributed by atoms with Crippen LogP contribution in [0, 0.1) is 0 Å². The molecule has 0 bridgehead atoms. The number of ether oxygens (including phenoxy) is 2. The van der Waals surface area contributed by atoms with Gasteiger partial charge in [0, 0.05) is 30.4 Å². The van der Waals surface area contributed by atoms with Gasteiger partial charge in [-0.25, -0.2) is 4.79 Å². The Kier molecular flexibility index (Phi) is 8.62. The number of rotatable bonds is 8. The second kappa shape index (κ2) is 11.6. The summed E-state index contributed by atoms with van der Waals surface area (Å²) in [6, 6.07) is 12.4. The Balaban J connectivity index is 1.58. The van der Waals surface area contributed by atoms with Crippen molar-refractivity contribution in [3.05, 3.63) is 53.1 Å². The summed E-state index contributed by atoms with van der Waals surface area (Å²) in [5, 5.41) is 6.17. The largest absolute Gasteiger partial charge is 0.490 e. The van der Waals surface area contributed by atoms with Gasteiger partial charge in [0.1, 0.15) is 0 Å². The highest BCUT2D eigenvalue weighted by molar-refractivity contribution is 6.32. The van der Waals surface area contributed by atoms with Gasteiger partial charge in [-0.15, -0.1) is 0 Å². The molecular formula is C24H30ClN3O4. The van der Waals surface area contributed by atoms with E-state index in [1.807, 2.05) is 44.2 Å². The number of carbonyl (C=O) groups is 2. The van der Waals surface area contributed by atoms with Crippen molar-refractivity contribution in [2.24, 2.45) is 0 Å². The van der Waals surface area contributed by atoms with Crippen molar-refractivity contribution in [3.8, 4) is 11.5 Å². The summed E-state index contributed by atoms with van der Waals surface area (Å²) in [5.74, 6) is 0.840. The molecule has 8 heteroatoms. The van der Waals surface area contributed by atoms with Gasteiger partial charge in [0.15, 0.2) is 11.5 Å². The van der Waals surface area contributed by atoms with Crippen LogP contribution in [-0.2, 0) is 0 Å². The number of carbonyl (C=O) groups excluding carboxylic acids is 2. The third-order valence-electron chi connectivity index (χ3n) is 5.16. The highest BCUT2D eigenvalue weighted by Gasteiger charge is 2.26. The van der Waals surface area contributed by atoms with E-state index < -0.39 is 0 Å². The van der Waals surface area contributed by atoms with Gasteiger partial charge in [0.2, 0.25) is 0 Å². The van der Waals surface area contributed by atoms with Crippen LogP contribution in [-0.4, -0.2) is 49.2 Å². The molecule has 3 rings (SSSR count). The fraction of sp³-hybridized carbons (Fsp3) is 0.417. The molecule has 7 nitrogen and oxygen atoms in total. The molecule has 0 spiro atoms. The van der Waals surface area contributed by atoms with Crippen LogP contribution in [0.25, 0.3) is 0 Å². The lowest BCUT2D eigenvalue weighted by Crippen LogP contribution is -2.47. The Morgan fingerprint density at radius 3 is 2.47 bits per heavy atom. The van der Waals surface area contributed by atoms with Gasteiger partial charge in [0.05, 0.1) is 18.2 Å². The summed E-state index contributed by atoms with van der Waals surface area (Å²) in [4.78, 5) is 27.1. The number of urea groups is 1. The molecule has 2 N–H and O–H groups in total. The highest BCUT2D eigenvalue weighted by Crippen LogP contribution is 2.37. The van der Waals surface area contributed by atoms with Crippen molar-refractivity contribution in [1.29, 1.82) is 0 Å².